The van der Waals surface area contributed by atoms with Gasteiger partial charge in [0.25, 0.3) is 0 Å². The van der Waals surface area contributed by atoms with Crippen molar-refractivity contribution in [2.75, 3.05) is 18.0 Å². The summed E-state index contributed by atoms with van der Waals surface area (Å²) in [5.41, 5.74) is 7.85. The molecule has 0 bridgehead atoms. The van der Waals surface area contributed by atoms with Gasteiger partial charge in [-0.25, -0.2) is 4.39 Å². The van der Waals surface area contributed by atoms with Crippen molar-refractivity contribution in [1.29, 1.82) is 0 Å². The lowest BCUT2D eigenvalue weighted by Gasteiger charge is -2.36. The van der Waals surface area contributed by atoms with Crippen molar-refractivity contribution in [1.82, 2.24) is 5.32 Å². The SMILES string of the molecule is Cc1cc(F)ccc1N1CCCC(NC(=O)[C@@H](N)C(C)C)C1. The molecule has 0 aromatic heterocycles. The molecule has 3 N–H and O–H groups in total. The van der Waals surface area contributed by atoms with Crippen LogP contribution in [-0.2, 0) is 4.79 Å². The van der Waals surface area contributed by atoms with Crippen molar-refractivity contribution in [3.8, 4) is 0 Å². The van der Waals surface area contributed by atoms with Crippen molar-refractivity contribution < 1.29 is 9.18 Å². The summed E-state index contributed by atoms with van der Waals surface area (Å²) in [6.45, 7) is 7.46. The molecule has 1 aromatic carbocycles. The van der Waals surface area contributed by atoms with Gasteiger partial charge in [0.05, 0.1) is 6.04 Å². The van der Waals surface area contributed by atoms with Gasteiger partial charge in [0.2, 0.25) is 5.91 Å². The van der Waals surface area contributed by atoms with Gasteiger partial charge >= 0.3 is 0 Å². The topological polar surface area (TPSA) is 58.4 Å². The van der Waals surface area contributed by atoms with Crippen LogP contribution in [-0.4, -0.2) is 31.1 Å². The second-order valence-corrected chi connectivity index (χ2v) is 6.49. The average molecular weight is 307 g/mol. The van der Waals surface area contributed by atoms with Crippen molar-refractivity contribution >= 4 is 11.6 Å². The van der Waals surface area contributed by atoms with Gasteiger partial charge in [-0.2, -0.15) is 0 Å². The van der Waals surface area contributed by atoms with E-state index in [1.54, 1.807) is 6.07 Å². The molecule has 0 aliphatic carbocycles. The van der Waals surface area contributed by atoms with Crippen molar-refractivity contribution in [2.24, 2.45) is 11.7 Å². The van der Waals surface area contributed by atoms with E-state index in [9.17, 15) is 9.18 Å². The first-order valence-electron chi connectivity index (χ1n) is 7.95. The molecule has 22 heavy (non-hydrogen) atoms. The Morgan fingerprint density at radius 1 is 1.45 bits per heavy atom. The van der Waals surface area contributed by atoms with Gasteiger partial charge in [-0.1, -0.05) is 13.8 Å². The van der Waals surface area contributed by atoms with Crippen molar-refractivity contribution in [3.05, 3.63) is 29.6 Å². The summed E-state index contributed by atoms with van der Waals surface area (Å²) < 4.78 is 13.2. The van der Waals surface area contributed by atoms with Gasteiger partial charge in [-0.05, 0) is 49.4 Å². The molecule has 0 radical (unpaired) electrons. The minimum atomic E-state index is -0.470. The molecular formula is C17H26FN3O. The number of aryl methyl sites for hydroxylation is 1. The van der Waals surface area contributed by atoms with Gasteiger partial charge in [0.1, 0.15) is 5.82 Å². The quantitative estimate of drug-likeness (QED) is 0.896. The van der Waals surface area contributed by atoms with Gasteiger partial charge in [0.15, 0.2) is 0 Å². The number of carbonyl (C=O) groups excluding carboxylic acids is 1. The van der Waals surface area contributed by atoms with Crippen molar-refractivity contribution in [3.63, 3.8) is 0 Å². The first-order valence-corrected chi connectivity index (χ1v) is 7.95. The second-order valence-electron chi connectivity index (χ2n) is 6.49. The second kappa shape index (κ2) is 7.09. The first-order chi connectivity index (χ1) is 10.4. The fourth-order valence-corrected chi connectivity index (χ4v) is 2.89. The highest BCUT2D eigenvalue weighted by Gasteiger charge is 2.25. The number of benzene rings is 1. The van der Waals surface area contributed by atoms with Crippen LogP contribution in [0.25, 0.3) is 0 Å². The van der Waals surface area contributed by atoms with E-state index in [4.69, 9.17) is 5.73 Å². The lowest BCUT2D eigenvalue weighted by atomic mass is 10.0. The van der Waals surface area contributed by atoms with Gasteiger partial charge in [-0.3, -0.25) is 4.79 Å². The zero-order valence-electron chi connectivity index (χ0n) is 13.6. The number of nitrogens with zero attached hydrogens (tertiary/aromatic N) is 1. The summed E-state index contributed by atoms with van der Waals surface area (Å²) >= 11 is 0. The maximum absolute atomic E-state index is 13.2. The highest BCUT2D eigenvalue weighted by molar-refractivity contribution is 5.82. The highest BCUT2D eigenvalue weighted by atomic mass is 19.1. The minimum absolute atomic E-state index is 0.0855. The Morgan fingerprint density at radius 2 is 2.18 bits per heavy atom. The Balaban J connectivity index is 2.01. The molecule has 1 aliphatic rings. The van der Waals surface area contributed by atoms with Crippen LogP contribution in [0.5, 0.6) is 0 Å². The Labute approximate surface area is 131 Å². The Kier molecular flexibility index (Phi) is 5.40. The molecule has 1 amide bonds. The zero-order valence-corrected chi connectivity index (χ0v) is 13.6. The van der Waals surface area contributed by atoms with Crippen LogP contribution in [0.2, 0.25) is 0 Å². The monoisotopic (exact) mass is 307 g/mol. The van der Waals surface area contributed by atoms with Gasteiger partial charge in [0, 0.05) is 24.8 Å². The number of hydrogen-bond donors (Lipinski definition) is 2. The molecule has 1 unspecified atom stereocenters. The lowest BCUT2D eigenvalue weighted by Crippen LogP contribution is -2.53. The third-order valence-corrected chi connectivity index (χ3v) is 4.29. The summed E-state index contributed by atoms with van der Waals surface area (Å²) in [5.74, 6) is -0.178. The van der Waals surface area contributed by atoms with Crippen LogP contribution < -0.4 is 16.0 Å². The summed E-state index contributed by atoms with van der Waals surface area (Å²) in [6.07, 6.45) is 1.95. The van der Waals surface area contributed by atoms with E-state index in [1.165, 1.54) is 6.07 Å². The van der Waals surface area contributed by atoms with Crippen LogP contribution >= 0.6 is 0 Å². The number of anilines is 1. The summed E-state index contributed by atoms with van der Waals surface area (Å²) in [6, 6.07) is 4.47. The van der Waals surface area contributed by atoms with E-state index in [0.717, 1.165) is 37.2 Å². The maximum atomic E-state index is 13.2. The summed E-state index contributed by atoms with van der Waals surface area (Å²) in [5, 5.41) is 3.05. The van der Waals surface area contributed by atoms with E-state index < -0.39 is 6.04 Å². The van der Waals surface area contributed by atoms with Crippen molar-refractivity contribution in [2.45, 2.75) is 45.7 Å². The average Bonchev–Trinajstić information content (AvgIpc) is 2.46. The molecule has 2 rings (SSSR count). The predicted octanol–water partition coefficient (Wildman–Crippen LogP) is 2.20. The molecular weight excluding hydrogens is 281 g/mol. The largest absolute Gasteiger partial charge is 0.369 e. The fraction of sp³-hybridized carbons (Fsp3) is 0.588. The van der Waals surface area contributed by atoms with Gasteiger partial charge in [-0.15, -0.1) is 0 Å². The molecule has 2 atom stereocenters. The van der Waals surface area contributed by atoms with Crippen LogP contribution in [0, 0.1) is 18.7 Å². The molecule has 1 saturated heterocycles. The number of amides is 1. The zero-order chi connectivity index (χ0) is 16.3. The molecule has 0 saturated carbocycles. The molecule has 5 heteroatoms. The Bertz CT molecular complexity index is 533. The standard InChI is InChI=1S/C17H26FN3O/c1-11(2)16(19)17(22)20-14-5-4-8-21(10-14)15-7-6-13(18)9-12(15)3/h6-7,9,11,14,16H,4-5,8,10,19H2,1-3H3,(H,20,22)/t14?,16-/m0/s1. The molecule has 1 heterocycles. The third kappa shape index (κ3) is 3.97. The van der Waals surface area contributed by atoms with Crippen LogP contribution in [0.1, 0.15) is 32.3 Å². The number of rotatable bonds is 4. The van der Waals surface area contributed by atoms with Crippen LogP contribution in [0.4, 0.5) is 10.1 Å². The lowest BCUT2D eigenvalue weighted by molar-refractivity contribution is -0.124. The Morgan fingerprint density at radius 3 is 2.82 bits per heavy atom. The highest BCUT2D eigenvalue weighted by Crippen LogP contribution is 2.24. The number of nitrogens with two attached hydrogens (primary N) is 1. The molecule has 122 valence electrons. The summed E-state index contributed by atoms with van der Waals surface area (Å²) in [7, 11) is 0. The Hall–Kier alpha value is -1.62. The van der Waals surface area contributed by atoms with E-state index in [2.05, 4.69) is 10.2 Å². The molecule has 4 nitrogen and oxygen atoms in total. The number of piperidine rings is 1. The van der Waals surface area contributed by atoms with E-state index in [1.807, 2.05) is 26.8 Å². The van der Waals surface area contributed by atoms with Crippen LogP contribution in [0.3, 0.4) is 0 Å². The van der Waals surface area contributed by atoms with Crippen LogP contribution in [0.15, 0.2) is 18.2 Å². The van der Waals surface area contributed by atoms with E-state index in [0.29, 0.717) is 0 Å². The van der Waals surface area contributed by atoms with E-state index >= 15 is 0 Å². The number of hydrogen-bond acceptors (Lipinski definition) is 3. The third-order valence-electron chi connectivity index (χ3n) is 4.29. The molecule has 1 aliphatic heterocycles. The molecule has 1 fully saturated rings. The number of carbonyl (C=O) groups is 1. The number of nitrogens with one attached hydrogen (secondary N) is 1. The smallest absolute Gasteiger partial charge is 0.237 e. The first kappa shape index (κ1) is 16.7. The fourth-order valence-electron chi connectivity index (χ4n) is 2.89. The molecule has 1 aromatic rings. The summed E-state index contributed by atoms with van der Waals surface area (Å²) in [4.78, 5) is 14.3. The normalized spacial score (nSPS) is 20.1. The molecule has 0 spiro atoms. The minimum Gasteiger partial charge on any atom is -0.369 e. The maximum Gasteiger partial charge on any atom is 0.237 e. The van der Waals surface area contributed by atoms with E-state index in [-0.39, 0.29) is 23.7 Å². The van der Waals surface area contributed by atoms with Gasteiger partial charge < -0.3 is 16.0 Å². The number of halogens is 1. The predicted molar refractivity (Wildman–Crippen MR) is 87.3 cm³/mol.